The largest absolute Gasteiger partial charge is 0.370 e. The second-order valence-electron chi connectivity index (χ2n) is 5.76. The van der Waals surface area contributed by atoms with Crippen LogP contribution in [0.4, 0.5) is 5.95 Å². The van der Waals surface area contributed by atoms with E-state index in [0.29, 0.717) is 11.9 Å². The number of nitrogens with zero attached hydrogens (tertiary/aromatic N) is 3. The van der Waals surface area contributed by atoms with E-state index in [1.54, 1.807) is 7.11 Å². The molecular weight excluding hydrogens is 240 g/mol. The lowest BCUT2D eigenvalue weighted by molar-refractivity contribution is -0.0849. The lowest BCUT2D eigenvalue weighted by Crippen LogP contribution is -2.38. The molecule has 1 heterocycles. The normalized spacial score (nSPS) is 23.0. The molecular formula is C14H22N4O. The van der Waals surface area contributed by atoms with Crippen LogP contribution in [0.5, 0.6) is 0 Å². The predicted molar refractivity (Wildman–Crippen MR) is 72.6 cm³/mol. The fourth-order valence-electron chi connectivity index (χ4n) is 3.17. The molecule has 1 aromatic rings. The Balaban J connectivity index is 1.91. The molecule has 0 radical (unpaired) electrons. The van der Waals surface area contributed by atoms with Gasteiger partial charge in [0.1, 0.15) is 11.4 Å². The molecule has 5 nitrogen and oxygen atoms in total. The molecule has 0 spiro atoms. The van der Waals surface area contributed by atoms with E-state index in [9.17, 15) is 0 Å². The van der Waals surface area contributed by atoms with E-state index in [4.69, 9.17) is 15.5 Å². The zero-order valence-electron chi connectivity index (χ0n) is 11.6. The quantitative estimate of drug-likeness (QED) is 0.906. The highest BCUT2D eigenvalue weighted by Crippen LogP contribution is 2.43. The van der Waals surface area contributed by atoms with Crippen molar-refractivity contribution in [2.24, 2.45) is 0 Å². The summed E-state index contributed by atoms with van der Waals surface area (Å²) in [6.45, 7) is 0. The number of nitrogen functional groups attached to an aromatic ring is 1. The van der Waals surface area contributed by atoms with Crippen LogP contribution in [0.3, 0.4) is 0 Å². The van der Waals surface area contributed by atoms with Gasteiger partial charge in [0.25, 0.3) is 0 Å². The monoisotopic (exact) mass is 262 g/mol. The Kier molecular flexibility index (Phi) is 3.39. The summed E-state index contributed by atoms with van der Waals surface area (Å²) in [6.07, 6.45) is 9.33. The van der Waals surface area contributed by atoms with Crippen LogP contribution in [0.2, 0.25) is 0 Å². The number of nitrogens with two attached hydrogens (primary N) is 1. The third-order valence-corrected chi connectivity index (χ3v) is 4.60. The third kappa shape index (κ3) is 2.31. The van der Waals surface area contributed by atoms with Gasteiger partial charge in [-0.05, 0) is 32.1 Å². The van der Waals surface area contributed by atoms with Crippen LogP contribution in [0.15, 0.2) is 0 Å². The summed E-state index contributed by atoms with van der Waals surface area (Å²) >= 11 is 0. The van der Waals surface area contributed by atoms with Crippen LogP contribution in [0.1, 0.15) is 68.9 Å². The molecule has 0 saturated heterocycles. The van der Waals surface area contributed by atoms with Gasteiger partial charge in [-0.15, -0.1) is 0 Å². The van der Waals surface area contributed by atoms with Crippen molar-refractivity contribution in [2.45, 2.75) is 62.9 Å². The molecule has 2 saturated carbocycles. The van der Waals surface area contributed by atoms with Gasteiger partial charge in [0.2, 0.25) is 5.95 Å². The van der Waals surface area contributed by atoms with Gasteiger partial charge in [0, 0.05) is 13.0 Å². The number of hydrogen-bond donors (Lipinski definition) is 1. The van der Waals surface area contributed by atoms with Gasteiger partial charge >= 0.3 is 0 Å². The summed E-state index contributed by atoms with van der Waals surface area (Å²) in [4.78, 5) is 13.4. The molecule has 0 aromatic carbocycles. The van der Waals surface area contributed by atoms with Crippen LogP contribution >= 0.6 is 0 Å². The number of ether oxygens (including phenoxy) is 1. The average Bonchev–Trinajstić information content (AvgIpc) is 2.39. The maximum absolute atomic E-state index is 5.88. The third-order valence-electron chi connectivity index (χ3n) is 4.60. The summed E-state index contributed by atoms with van der Waals surface area (Å²) < 4.78 is 5.65. The molecule has 104 valence electrons. The standard InChI is InChI=1S/C14H22N4O/c1-19-14(8-5-9-14)12-16-11(17-13(15)18-12)10-6-3-2-4-7-10/h10H,2-9H2,1H3,(H2,15,16,17,18). The molecule has 0 bridgehead atoms. The highest BCUT2D eigenvalue weighted by atomic mass is 16.5. The van der Waals surface area contributed by atoms with Crippen LogP contribution in [0.25, 0.3) is 0 Å². The zero-order chi connectivity index (χ0) is 13.3. The van der Waals surface area contributed by atoms with E-state index in [-0.39, 0.29) is 5.60 Å². The van der Waals surface area contributed by atoms with Gasteiger partial charge in [-0.25, -0.2) is 4.98 Å². The highest BCUT2D eigenvalue weighted by Gasteiger charge is 2.42. The lowest BCUT2D eigenvalue weighted by Gasteiger charge is -2.39. The number of rotatable bonds is 3. The Bertz CT molecular complexity index is 447. The summed E-state index contributed by atoms with van der Waals surface area (Å²) in [5, 5.41) is 0. The molecule has 0 aliphatic heterocycles. The van der Waals surface area contributed by atoms with Crippen molar-refractivity contribution in [1.82, 2.24) is 15.0 Å². The van der Waals surface area contributed by atoms with E-state index in [0.717, 1.165) is 30.9 Å². The van der Waals surface area contributed by atoms with E-state index in [2.05, 4.69) is 9.97 Å². The zero-order valence-corrected chi connectivity index (χ0v) is 11.6. The minimum absolute atomic E-state index is 0.305. The number of methoxy groups -OCH3 is 1. The average molecular weight is 262 g/mol. The van der Waals surface area contributed by atoms with Gasteiger partial charge in [-0.3, -0.25) is 0 Å². The summed E-state index contributed by atoms with van der Waals surface area (Å²) in [6, 6.07) is 0. The van der Waals surface area contributed by atoms with Crippen LogP contribution < -0.4 is 5.73 Å². The van der Waals surface area contributed by atoms with Gasteiger partial charge < -0.3 is 10.5 Å². The Morgan fingerprint density at radius 3 is 2.37 bits per heavy atom. The molecule has 1 aromatic heterocycles. The molecule has 2 fully saturated rings. The van der Waals surface area contributed by atoms with Crippen molar-refractivity contribution in [1.29, 1.82) is 0 Å². The molecule has 19 heavy (non-hydrogen) atoms. The minimum Gasteiger partial charge on any atom is -0.370 e. The van der Waals surface area contributed by atoms with Crippen molar-refractivity contribution < 1.29 is 4.74 Å². The van der Waals surface area contributed by atoms with Crippen molar-refractivity contribution in [3.8, 4) is 0 Å². The van der Waals surface area contributed by atoms with Crippen LogP contribution in [-0.4, -0.2) is 22.1 Å². The first-order chi connectivity index (χ1) is 9.23. The Labute approximate surface area is 114 Å². The van der Waals surface area contributed by atoms with Crippen LogP contribution in [0, 0.1) is 0 Å². The molecule has 5 heteroatoms. The first-order valence-electron chi connectivity index (χ1n) is 7.30. The van der Waals surface area contributed by atoms with Gasteiger partial charge in [-0.1, -0.05) is 19.3 Å². The number of aromatic nitrogens is 3. The highest BCUT2D eigenvalue weighted by molar-refractivity contribution is 5.22. The first-order valence-corrected chi connectivity index (χ1v) is 7.30. The molecule has 2 N–H and O–H groups in total. The predicted octanol–water partition coefficient (Wildman–Crippen LogP) is 2.53. The number of hydrogen-bond acceptors (Lipinski definition) is 5. The Morgan fingerprint density at radius 2 is 1.79 bits per heavy atom. The fourth-order valence-corrected chi connectivity index (χ4v) is 3.17. The summed E-state index contributed by atoms with van der Waals surface area (Å²) in [5.74, 6) is 2.42. The van der Waals surface area contributed by atoms with Crippen LogP contribution in [-0.2, 0) is 10.3 Å². The smallest absolute Gasteiger partial charge is 0.223 e. The van der Waals surface area contributed by atoms with E-state index in [1.165, 1.54) is 32.1 Å². The van der Waals surface area contributed by atoms with Crippen molar-refractivity contribution >= 4 is 5.95 Å². The van der Waals surface area contributed by atoms with Crippen molar-refractivity contribution in [3.05, 3.63) is 11.6 Å². The fraction of sp³-hybridized carbons (Fsp3) is 0.786. The van der Waals surface area contributed by atoms with E-state index >= 15 is 0 Å². The minimum atomic E-state index is -0.305. The summed E-state index contributed by atoms with van der Waals surface area (Å²) in [7, 11) is 1.74. The maximum atomic E-state index is 5.88. The number of anilines is 1. The Morgan fingerprint density at radius 1 is 1.05 bits per heavy atom. The molecule has 2 aliphatic carbocycles. The van der Waals surface area contributed by atoms with E-state index in [1.807, 2.05) is 0 Å². The first kappa shape index (κ1) is 12.8. The second kappa shape index (κ2) is 5.04. The van der Waals surface area contributed by atoms with Gasteiger partial charge in [0.05, 0.1) is 0 Å². The molecule has 0 atom stereocenters. The molecule has 3 rings (SSSR count). The molecule has 2 aliphatic rings. The Hall–Kier alpha value is -1.23. The van der Waals surface area contributed by atoms with E-state index < -0.39 is 0 Å². The SMILES string of the molecule is COC1(c2nc(N)nc(C3CCCCC3)n2)CCC1. The topological polar surface area (TPSA) is 73.9 Å². The summed E-state index contributed by atoms with van der Waals surface area (Å²) in [5.41, 5.74) is 5.57. The molecule has 0 amide bonds. The molecule has 0 unspecified atom stereocenters. The maximum Gasteiger partial charge on any atom is 0.223 e. The van der Waals surface area contributed by atoms with Crippen molar-refractivity contribution in [3.63, 3.8) is 0 Å². The van der Waals surface area contributed by atoms with Gasteiger partial charge in [0.15, 0.2) is 5.82 Å². The lowest BCUT2D eigenvalue weighted by atomic mass is 9.79. The van der Waals surface area contributed by atoms with Crippen molar-refractivity contribution in [2.75, 3.05) is 12.8 Å². The van der Waals surface area contributed by atoms with Gasteiger partial charge in [-0.2, -0.15) is 9.97 Å². The second-order valence-corrected chi connectivity index (χ2v) is 5.76.